The average molecular weight is 685 g/mol. The molecule has 0 saturated carbocycles. The second-order valence-electron chi connectivity index (χ2n) is 15.5. The van der Waals surface area contributed by atoms with E-state index in [0.717, 1.165) is 5.75 Å². The number of rotatable bonds is 2. The fourth-order valence-electron chi connectivity index (χ4n) is 10.7. The zero-order chi connectivity index (χ0) is 35.1. The van der Waals surface area contributed by atoms with Crippen LogP contribution in [0.15, 0.2) is 182 Å². The van der Waals surface area contributed by atoms with Crippen molar-refractivity contribution in [1.82, 2.24) is 0 Å². The molecule has 0 amide bonds. The van der Waals surface area contributed by atoms with E-state index in [2.05, 4.69) is 182 Å². The molecule has 9 aromatic carbocycles. The Labute approximate surface area is 313 Å². The molecule has 1 heteroatoms. The van der Waals surface area contributed by atoms with Gasteiger partial charge in [0, 0.05) is 11.5 Å². The van der Waals surface area contributed by atoms with Gasteiger partial charge in [0.1, 0.15) is 11.9 Å². The van der Waals surface area contributed by atoms with E-state index in [-0.39, 0.29) is 17.4 Å². The van der Waals surface area contributed by atoms with Crippen molar-refractivity contribution in [3.8, 4) is 39.1 Å². The summed E-state index contributed by atoms with van der Waals surface area (Å²) in [6.45, 7) is 0. The van der Waals surface area contributed by atoms with Crippen LogP contribution in [0.3, 0.4) is 0 Å². The zero-order valence-corrected chi connectivity index (χ0v) is 29.4. The molecule has 0 fully saturated rings. The maximum Gasteiger partial charge on any atom is 0.128 e. The lowest BCUT2D eigenvalue weighted by Gasteiger charge is -2.31. The van der Waals surface area contributed by atoms with Gasteiger partial charge in [0.05, 0.1) is 5.41 Å². The number of allylic oxidation sites excluding steroid dienone is 2. The van der Waals surface area contributed by atoms with E-state index in [0.29, 0.717) is 0 Å². The lowest BCUT2D eigenvalue weighted by atomic mass is 9.70. The third kappa shape index (κ3) is 3.55. The monoisotopic (exact) mass is 684 g/mol. The molecule has 13 rings (SSSR count). The summed E-state index contributed by atoms with van der Waals surface area (Å²) < 4.78 is 6.61. The van der Waals surface area contributed by atoms with Crippen molar-refractivity contribution in [1.29, 1.82) is 0 Å². The third-order valence-electron chi connectivity index (χ3n) is 13.0. The summed E-state index contributed by atoms with van der Waals surface area (Å²) in [5.41, 5.74) is 16.7. The van der Waals surface area contributed by atoms with Crippen LogP contribution in [-0.4, -0.2) is 6.10 Å². The number of hydrogen-bond donors (Lipinski definition) is 0. The standard InChI is InChI=1S/C53H32O/c1-4-13-45-38(10-1)39-11-2-5-14-46(39)53(45)47-15-6-3-12-40(47)41-24-20-35(30-48(41)53)34-21-26-49-43(28-34)44-29-36(22-27-50(44)54-49)37-23-18-33-17-16-31-8-7-9-32-19-25-42(37)52(33)51(31)32/h1-30,43,49H. The Morgan fingerprint density at radius 2 is 1.04 bits per heavy atom. The molecule has 1 nitrogen and oxygen atoms in total. The summed E-state index contributed by atoms with van der Waals surface area (Å²) in [5.74, 6) is 1.11. The van der Waals surface area contributed by atoms with E-state index in [4.69, 9.17) is 4.74 Å². The van der Waals surface area contributed by atoms with Crippen LogP contribution in [0.1, 0.15) is 39.3 Å². The molecule has 2 atom stereocenters. The second kappa shape index (κ2) is 10.2. The molecular formula is C53H32O. The molecule has 4 aliphatic rings. The van der Waals surface area contributed by atoms with Crippen molar-refractivity contribution in [3.05, 3.63) is 215 Å². The minimum absolute atomic E-state index is 0.0148. The van der Waals surface area contributed by atoms with Gasteiger partial charge in [0.15, 0.2) is 0 Å². The molecule has 0 saturated heterocycles. The van der Waals surface area contributed by atoms with Gasteiger partial charge in [-0.3, -0.25) is 0 Å². The normalized spacial score (nSPS) is 18.0. The summed E-state index contributed by atoms with van der Waals surface area (Å²) in [7, 11) is 0. The van der Waals surface area contributed by atoms with Gasteiger partial charge in [-0.05, 0) is 123 Å². The first-order valence-corrected chi connectivity index (χ1v) is 19.1. The van der Waals surface area contributed by atoms with Crippen molar-refractivity contribution >= 4 is 37.9 Å². The van der Waals surface area contributed by atoms with E-state index in [1.54, 1.807) is 0 Å². The van der Waals surface area contributed by atoms with Gasteiger partial charge in [-0.1, -0.05) is 158 Å². The lowest BCUT2D eigenvalue weighted by molar-refractivity contribution is 0.269. The van der Waals surface area contributed by atoms with Crippen LogP contribution in [0.5, 0.6) is 5.75 Å². The number of benzene rings is 9. The van der Waals surface area contributed by atoms with E-state index < -0.39 is 0 Å². The number of hydrogen-bond acceptors (Lipinski definition) is 1. The smallest absolute Gasteiger partial charge is 0.128 e. The minimum Gasteiger partial charge on any atom is -0.485 e. The van der Waals surface area contributed by atoms with Crippen LogP contribution in [0, 0.1) is 0 Å². The average Bonchev–Trinajstić information content (AvgIpc) is 3.86. The summed E-state index contributed by atoms with van der Waals surface area (Å²) in [5, 5.41) is 7.88. The Morgan fingerprint density at radius 3 is 1.76 bits per heavy atom. The molecule has 54 heavy (non-hydrogen) atoms. The Kier molecular flexibility index (Phi) is 5.47. The quantitative estimate of drug-likeness (QED) is 0.165. The second-order valence-corrected chi connectivity index (χ2v) is 15.5. The molecule has 0 N–H and O–H groups in total. The van der Waals surface area contributed by atoms with E-state index in [1.807, 2.05) is 0 Å². The van der Waals surface area contributed by atoms with Gasteiger partial charge in [0.2, 0.25) is 0 Å². The largest absolute Gasteiger partial charge is 0.485 e. The molecule has 0 radical (unpaired) electrons. The van der Waals surface area contributed by atoms with Gasteiger partial charge >= 0.3 is 0 Å². The van der Waals surface area contributed by atoms with Crippen LogP contribution >= 0.6 is 0 Å². The van der Waals surface area contributed by atoms with Gasteiger partial charge in [0.25, 0.3) is 0 Å². The Balaban J connectivity index is 0.953. The Morgan fingerprint density at radius 1 is 0.444 bits per heavy atom. The Bertz CT molecular complexity index is 3080. The van der Waals surface area contributed by atoms with Crippen LogP contribution in [0.25, 0.3) is 71.3 Å². The van der Waals surface area contributed by atoms with Crippen molar-refractivity contribution in [3.63, 3.8) is 0 Å². The third-order valence-corrected chi connectivity index (χ3v) is 13.0. The molecule has 0 aromatic heterocycles. The van der Waals surface area contributed by atoms with E-state index >= 15 is 0 Å². The highest BCUT2D eigenvalue weighted by Gasteiger charge is 2.51. The number of fused-ring (bicyclic) bond motifs is 13. The summed E-state index contributed by atoms with van der Waals surface area (Å²) >= 11 is 0. The fraction of sp³-hybridized carbons (Fsp3) is 0.0566. The van der Waals surface area contributed by atoms with Gasteiger partial charge in [-0.15, -0.1) is 0 Å². The van der Waals surface area contributed by atoms with Crippen LogP contribution in [0.4, 0.5) is 0 Å². The van der Waals surface area contributed by atoms with Gasteiger partial charge in [-0.25, -0.2) is 0 Å². The predicted molar refractivity (Wildman–Crippen MR) is 223 cm³/mol. The molecule has 1 aliphatic heterocycles. The molecule has 1 heterocycles. The van der Waals surface area contributed by atoms with Crippen molar-refractivity contribution in [2.75, 3.05) is 0 Å². The van der Waals surface area contributed by atoms with Gasteiger partial charge < -0.3 is 4.74 Å². The zero-order valence-electron chi connectivity index (χ0n) is 29.4. The molecule has 9 aromatic rings. The summed E-state index contributed by atoms with van der Waals surface area (Å²) in [6, 6.07) is 61.4. The lowest BCUT2D eigenvalue weighted by Crippen LogP contribution is -2.26. The minimum atomic E-state index is -0.352. The van der Waals surface area contributed by atoms with E-state index in [9.17, 15) is 0 Å². The SMILES string of the molecule is C1=CC2Oc3ccc(-c4ccc5ccc6cccc7ccc4c5c67)cc3C2C=C1c1ccc2c(c1)C1(c3ccccc3-c3ccccc31)c1ccccc1-2. The van der Waals surface area contributed by atoms with Crippen LogP contribution in [0.2, 0.25) is 0 Å². The summed E-state index contributed by atoms with van der Waals surface area (Å²) in [4.78, 5) is 0. The molecule has 3 aliphatic carbocycles. The molecule has 250 valence electrons. The van der Waals surface area contributed by atoms with Gasteiger partial charge in [-0.2, -0.15) is 0 Å². The highest BCUT2D eigenvalue weighted by atomic mass is 16.5. The summed E-state index contributed by atoms with van der Waals surface area (Å²) in [6.07, 6.45) is 6.99. The first-order valence-electron chi connectivity index (χ1n) is 19.1. The first-order chi connectivity index (χ1) is 26.8. The molecule has 1 spiro atoms. The Hall–Kier alpha value is -6.70. The van der Waals surface area contributed by atoms with Crippen molar-refractivity contribution < 1.29 is 4.74 Å². The van der Waals surface area contributed by atoms with Crippen molar-refractivity contribution in [2.45, 2.75) is 17.4 Å². The number of ether oxygens (including phenoxy) is 1. The topological polar surface area (TPSA) is 9.23 Å². The fourth-order valence-corrected chi connectivity index (χ4v) is 10.7. The maximum absolute atomic E-state index is 6.61. The molecule has 0 bridgehead atoms. The maximum atomic E-state index is 6.61. The highest BCUT2D eigenvalue weighted by molar-refractivity contribution is 6.25. The van der Waals surface area contributed by atoms with E-state index in [1.165, 1.54) is 105 Å². The first kappa shape index (κ1) is 28.8. The van der Waals surface area contributed by atoms with Crippen LogP contribution < -0.4 is 4.74 Å². The molecular weight excluding hydrogens is 653 g/mol. The molecule has 2 unspecified atom stereocenters. The van der Waals surface area contributed by atoms with Crippen molar-refractivity contribution in [2.24, 2.45) is 0 Å². The highest BCUT2D eigenvalue weighted by Crippen LogP contribution is 2.63. The van der Waals surface area contributed by atoms with Crippen LogP contribution in [-0.2, 0) is 5.41 Å². The predicted octanol–water partition coefficient (Wildman–Crippen LogP) is 13.1.